The Balaban J connectivity index is 1.81. The van der Waals surface area contributed by atoms with Gasteiger partial charge in [0.2, 0.25) is 5.91 Å². The van der Waals surface area contributed by atoms with Gasteiger partial charge in [0.15, 0.2) is 5.78 Å². The second-order valence-corrected chi connectivity index (χ2v) is 4.72. The molecule has 0 fully saturated rings. The van der Waals surface area contributed by atoms with E-state index in [1.807, 2.05) is 48.5 Å². The highest BCUT2D eigenvalue weighted by molar-refractivity contribution is 5.97. The van der Waals surface area contributed by atoms with Crippen molar-refractivity contribution in [3.05, 3.63) is 66.2 Å². The summed E-state index contributed by atoms with van der Waals surface area (Å²) in [6.45, 7) is 0. The van der Waals surface area contributed by atoms with Crippen LogP contribution in [0.25, 0.3) is 0 Å². The molecule has 21 heavy (non-hydrogen) atoms. The lowest BCUT2D eigenvalue weighted by molar-refractivity contribution is -0.121. The first kappa shape index (κ1) is 14.8. The molecule has 0 aliphatic carbocycles. The molecule has 0 aliphatic rings. The highest BCUT2D eigenvalue weighted by atomic mass is 16.2. The van der Waals surface area contributed by atoms with Crippen LogP contribution in [0.1, 0.15) is 23.2 Å². The number of hydrazine groups is 1. The van der Waals surface area contributed by atoms with E-state index in [0.717, 1.165) is 5.69 Å². The van der Waals surface area contributed by atoms with Crippen molar-refractivity contribution in [2.24, 2.45) is 0 Å². The first-order valence-corrected chi connectivity index (χ1v) is 6.83. The Morgan fingerprint density at radius 1 is 0.905 bits per heavy atom. The number of benzene rings is 2. The molecule has 0 saturated carbocycles. The highest BCUT2D eigenvalue weighted by Crippen LogP contribution is 2.09. The molecule has 2 aromatic rings. The minimum absolute atomic E-state index is 0.0203. The summed E-state index contributed by atoms with van der Waals surface area (Å²) in [5, 5.41) is 1.65. The molecule has 0 atom stereocenters. The van der Waals surface area contributed by atoms with Crippen LogP contribution in [0, 0.1) is 0 Å². The SMILES string of the molecule is CN(NC(=O)CCC(=O)c1ccccc1)c1ccccc1. The molecular formula is C17H18N2O2. The van der Waals surface area contributed by atoms with Crippen molar-refractivity contribution >= 4 is 17.4 Å². The summed E-state index contributed by atoms with van der Waals surface area (Å²) in [5.74, 6) is -0.196. The lowest BCUT2D eigenvalue weighted by Gasteiger charge is -2.20. The van der Waals surface area contributed by atoms with E-state index in [0.29, 0.717) is 5.56 Å². The minimum Gasteiger partial charge on any atom is -0.294 e. The number of nitrogens with one attached hydrogen (secondary N) is 1. The maximum absolute atomic E-state index is 11.9. The molecule has 0 radical (unpaired) electrons. The van der Waals surface area contributed by atoms with Gasteiger partial charge >= 0.3 is 0 Å². The third-order valence-electron chi connectivity index (χ3n) is 3.11. The molecule has 0 bridgehead atoms. The van der Waals surface area contributed by atoms with Crippen LogP contribution in [0.5, 0.6) is 0 Å². The van der Waals surface area contributed by atoms with Gasteiger partial charge in [-0.3, -0.25) is 20.0 Å². The van der Waals surface area contributed by atoms with Gasteiger partial charge in [-0.1, -0.05) is 48.5 Å². The molecular weight excluding hydrogens is 264 g/mol. The lowest BCUT2D eigenvalue weighted by atomic mass is 10.1. The average molecular weight is 282 g/mol. The Bertz CT molecular complexity index is 597. The van der Waals surface area contributed by atoms with Crippen molar-refractivity contribution in [1.82, 2.24) is 5.43 Å². The summed E-state index contributed by atoms with van der Waals surface area (Å²) < 4.78 is 0. The topological polar surface area (TPSA) is 49.4 Å². The van der Waals surface area contributed by atoms with E-state index in [9.17, 15) is 9.59 Å². The Morgan fingerprint density at radius 3 is 2.10 bits per heavy atom. The van der Waals surface area contributed by atoms with Gasteiger partial charge in [-0.05, 0) is 12.1 Å². The second-order valence-electron chi connectivity index (χ2n) is 4.72. The Hall–Kier alpha value is -2.62. The zero-order valence-corrected chi connectivity index (χ0v) is 12.0. The zero-order valence-electron chi connectivity index (χ0n) is 12.0. The van der Waals surface area contributed by atoms with Gasteiger partial charge in [0.05, 0.1) is 5.69 Å². The fourth-order valence-corrected chi connectivity index (χ4v) is 1.95. The van der Waals surface area contributed by atoms with Crippen molar-refractivity contribution in [3.8, 4) is 0 Å². The van der Waals surface area contributed by atoms with Crippen molar-refractivity contribution in [1.29, 1.82) is 0 Å². The number of anilines is 1. The standard InChI is InChI=1S/C17H18N2O2/c1-19(15-10-6-3-7-11-15)18-17(21)13-12-16(20)14-8-4-2-5-9-14/h2-11H,12-13H2,1H3,(H,18,21). The van der Waals surface area contributed by atoms with Crippen LogP contribution in [-0.2, 0) is 4.79 Å². The van der Waals surface area contributed by atoms with Crippen molar-refractivity contribution in [2.75, 3.05) is 12.1 Å². The molecule has 0 aromatic heterocycles. The number of hydrogen-bond acceptors (Lipinski definition) is 3. The third-order valence-corrected chi connectivity index (χ3v) is 3.11. The van der Waals surface area contributed by atoms with E-state index in [1.165, 1.54) is 0 Å². The van der Waals surface area contributed by atoms with Crippen LogP contribution < -0.4 is 10.4 Å². The fourth-order valence-electron chi connectivity index (χ4n) is 1.95. The molecule has 108 valence electrons. The number of amides is 1. The van der Waals surface area contributed by atoms with Gasteiger partial charge in [0.25, 0.3) is 0 Å². The number of nitrogens with zero attached hydrogens (tertiary/aromatic N) is 1. The predicted octanol–water partition coefficient (Wildman–Crippen LogP) is 2.82. The van der Waals surface area contributed by atoms with Gasteiger partial charge in [0.1, 0.15) is 0 Å². The molecule has 1 amide bonds. The number of para-hydroxylation sites is 1. The quantitative estimate of drug-likeness (QED) is 0.654. The Morgan fingerprint density at radius 2 is 1.48 bits per heavy atom. The van der Waals surface area contributed by atoms with Crippen LogP contribution in [0.15, 0.2) is 60.7 Å². The number of rotatable bonds is 6. The molecule has 2 aromatic carbocycles. The largest absolute Gasteiger partial charge is 0.294 e. The van der Waals surface area contributed by atoms with Crippen LogP contribution >= 0.6 is 0 Å². The summed E-state index contributed by atoms with van der Waals surface area (Å²) in [4.78, 5) is 23.8. The second kappa shape index (κ2) is 7.24. The number of hydrogen-bond donors (Lipinski definition) is 1. The maximum Gasteiger partial charge on any atom is 0.238 e. The number of Topliss-reactive ketones (excluding diaryl/α,β-unsaturated/α-hetero) is 1. The third kappa shape index (κ3) is 4.45. The van der Waals surface area contributed by atoms with Crippen molar-refractivity contribution in [3.63, 3.8) is 0 Å². The van der Waals surface area contributed by atoms with Gasteiger partial charge in [0, 0.05) is 25.5 Å². The molecule has 4 heteroatoms. The number of ketones is 1. The molecule has 4 nitrogen and oxygen atoms in total. The maximum atomic E-state index is 11.9. The zero-order chi connectivity index (χ0) is 15.1. The summed E-state index contributed by atoms with van der Waals surface area (Å²) in [6.07, 6.45) is 0.378. The van der Waals surface area contributed by atoms with E-state index in [4.69, 9.17) is 0 Å². The minimum atomic E-state index is -0.175. The number of carbonyl (C=O) groups is 2. The predicted molar refractivity (Wildman–Crippen MR) is 83.0 cm³/mol. The monoisotopic (exact) mass is 282 g/mol. The first-order chi connectivity index (χ1) is 10.2. The Labute approximate surface area is 124 Å². The van der Waals surface area contributed by atoms with Crippen LogP contribution in [0.3, 0.4) is 0 Å². The molecule has 0 unspecified atom stereocenters. The molecule has 0 saturated heterocycles. The molecule has 0 spiro atoms. The molecule has 0 heterocycles. The van der Waals surface area contributed by atoms with Gasteiger partial charge in [-0.2, -0.15) is 0 Å². The summed E-state index contributed by atoms with van der Waals surface area (Å²) >= 11 is 0. The Kier molecular flexibility index (Phi) is 5.10. The smallest absolute Gasteiger partial charge is 0.238 e. The normalized spacial score (nSPS) is 9.95. The highest BCUT2D eigenvalue weighted by Gasteiger charge is 2.10. The van der Waals surface area contributed by atoms with E-state index >= 15 is 0 Å². The van der Waals surface area contributed by atoms with Crippen LogP contribution in [-0.4, -0.2) is 18.7 Å². The van der Waals surface area contributed by atoms with E-state index < -0.39 is 0 Å². The lowest BCUT2D eigenvalue weighted by Crippen LogP contribution is -2.39. The summed E-state index contributed by atoms with van der Waals surface area (Å²) in [5.41, 5.74) is 4.27. The fraction of sp³-hybridized carbons (Fsp3) is 0.176. The molecule has 0 aliphatic heterocycles. The summed E-state index contributed by atoms with van der Waals surface area (Å²) in [6, 6.07) is 18.5. The van der Waals surface area contributed by atoms with E-state index in [1.54, 1.807) is 24.2 Å². The van der Waals surface area contributed by atoms with Crippen molar-refractivity contribution < 1.29 is 9.59 Å². The average Bonchev–Trinajstić information content (AvgIpc) is 2.54. The molecule has 1 N–H and O–H groups in total. The van der Waals surface area contributed by atoms with Gasteiger partial charge < -0.3 is 0 Å². The van der Waals surface area contributed by atoms with Gasteiger partial charge in [-0.15, -0.1) is 0 Å². The van der Waals surface area contributed by atoms with Crippen molar-refractivity contribution in [2.45, 2.75) is 12.8 Å². The van der Waals surface area contributed by atoms with E-state index in [-0.39, 0.29) is 24.5 Å². The number of carbonyl (C=O) groups excluding carboxylic acids is 2. The van der Waals surface area contributed by atoms with E-state index in [2.05, 4.69) is 5.43 Å². The van der Waals surface area contributed by atoms with Crippen LogP contribution in [0.2, 0.25) is 0 Å². The van der Waals surface area contributed by atoms with Gasteiger partial charge in [-0.25, -0.2) is 0 Å². The van der Waals surface area contributed by atoms with Crippen LogP contribution in [0.4, 0.5) is 5.69 Å². The summed E-state index contributed by atoms with van der Waals surface area (Å²) in [7, 11) is 1.77. The molecule has 2 rings (SSSR count). The first-order valence-electron chi connectivity index (χ1n) is 6.83.